The first-order valence-electron chi connectivity index (χ1n) is 10.5. The molecule has 1 aliphatic carbocycles. The second kappa shape index (κ2) is 10.5. The van der Waals surface area contributed by atoms with Gasteiger partial charge in [-0.05, 0) is 61.1 Å². The molecule has 0 saturated heterocycles. The third-order valence-electron chi connectivity index (χ3n) is 5.80. The van der Waals surface area contributed by atoms with Crippen LogP contribution in [0.15, 0.2) is 48.5 Å². The van der Waals surface area contributed by atoms with Crippen LogP contribution in [-0.2, 0) is 17.9 Å². The predicted molar refractivity (Wildman–Crippen MR) is 115 cm³/mol. The molecule has 0 heterocycles. The highest BCUT2D eigenvalue weighted by Gasteiger charge is 2.27. The van der Waals surface area contributed by atoms with Crippen LogP contribution in [0.3, 0.4) is 0 Å². The number of hydrogen-bond acceptors (Lipinski definition) is 4. The Bertz CT molecular complexity index is 819. The lowest BCUT2D eigenvalue weighted by Crippen LogP contribution is -2.44. The molecule has 0 aliphatic heterocycles. The third-order valence-corrected chi connectivity index (χ3v) is 5.80. The minimum atomic E-state index is -0.281. The van der Waals surface area contributed by atoms with Crippen LogP contribution < -0.4 is 4.74 Å². The number of rotatable bonds is 8. The van der Waals surface area contributed by atoms with Crippen LogP contribution in [0.2, 0.25) is 0 Å². The van der Waals surface area contributed by atoms with Crippen LogP contribution in [0.4, 0.5) is 4.39 Å². The second-order valence-electron chi connectivity index (χ2n) is 8.10. The van der Waals surface area contributed by atoms with Crippen molar-refractivity contribution in [1.82, 2.24) is 9.80 Å². The van der Waals surface area contributed by atoms with Crippen molar-refractivity contribution in [3.8, 4) is 5.75 Å². The van der Waals surface area contributed by atoms with E-state index in [1.807, 2.05) is 24.3 Å². The maximum atomic E-state index is 13.1. The topological polar surface area (TPSA) is 53.0 Å². The number of aliphatic hydroxyl groups is 1. The van der Waals surface area contributed by atoms with Gasteiger partial charge >= 0.3 is 0 Å². The Morgan fingerprint density at radius 3 is 2.43 bits per heavy atom. The van der Waals surface area contributed by atoms with Crippen molar-refractivity contribution < 1.29 is 19.0 Å². The number of ether oxygens (including phenoxy) is 1. The van der Waals surface area contributed by atoms with Crippen molar-refractivity contribution >= 4 is 5.91 Å². The first-order valence-corrected chi connectivity index (χ1v) is 10.5. The highest BCUT2D eigenvalue weighted by Crippen LogP contribution is 2.25. The SMILES string of the molecule is COc1cccc(CN(CC(=O)N(C)Cc2ccc(F)cc2)C2CCC(O)CC2)c1. The summed E-state index contributed by atoms with van der Waals surface area (Å²) in [7, 11) is 3.42. The molecule has 0 unspecified atom stereocenters. The van der Waals surface area contributed by atoms with Crippen LogP contribution in [0.1, 0.15) is 36.8 Å². The lowest BCUT2D eigenvalue weighted by Gasteiger charge is -2.36. The average molecular weight is 415 g/mol. The van der Waals surface area contributed by atoms with E-state index in [4.69, 9.17) is 4.74 Å². The zero-order chi connectivity index (χ0) is 21.5. The summed E-state index contributed by atoms with van der Waals surface area (Å²) in [5.41, 5.74) is 1.99. The second-order valence-corrected chi connectivity index (χ2v) is 8.10. The summed E-state index contributed by atoms with van der Waals surface area (Å²) in [6.45, 7) is 1.39. The Balaban J connectivity index is 1.68. The lowest BCUT2D eigenvalue weighted by molar-refractivity contribution is -0.132. The van der Waals surface area contributed by atoms with E-state index in [9.17, 15) is 14.3 Å². The van der Waals surface area contributed by atoms with Crippen molar-refractivity contribution in [2.75, 3.05) is 20.7 Å². The monoisotopic (exact) mass is 414 g/mol. The molecule has 162 valence electrons. The minimum Gasteiger partial charge on any atom is -0.497 e. The van der Waals surface area contributed by atoms with Crippen LogP contribution >= 0.6 is 0 Å². The van der Waals surface area contributed by atoms with Gasteiger partial charge in [-0.15, -0.1) is 0 Å². The van der Waals surface area contributed by atoms with E-state index in [2.05, 4.69) is 4.90 Å². The fraction of sp³-hybridized carbons (Fsp3) is 0.458. The van der Waals surface area contributed by atoms with E-state index in [1.54, 1.807) is 31.2 Å². The molecule has 3 rings (SSSR count). The maximum absolute atomic E-state index is 13.1. The summed E-state index contributed by atoms with van der Waals surface area (Å²) in [4.78, 5) is 16.9. The van der Waals surface area contributed by atoms with E-state index >= 15 is 0 Å². The van der Waals surface area contributed by atoms with Gasteiger partial charge in [0.05, 0.1) is 19.8 Å². The van der Waals surface area contributed by atoms with Gasteiger partial charge in [0.1, 0.15) is 11.6 Å². The highest BCUT2D eigenvalue weighted by molar-refractivity contribution is 5.78. The van der Waals surface area contributed by atoms with Crippen LogP contribution in [0.25, 0.3) is 0 Å². The van der Waals surface area contributed by atoms with Gasteiger partial charge in [0.15, 0.2) is 0 Å². The smallest absolute Gasteiger partial charge is 0.236 e. The Kier molecular flexibility index (Phi) is 7.82. The fourth-order valence-corrected chi connectivity index (χ4v) is 3.99. The zero-order valence-corrected chi connectivity index (χ0v) is 17.8. The van der Waals surface area contributed by atoms with Gasteiger partial charge in [0, 0.05) is 26.2 Å². The zero-order valence-electron chi connectivity index (χ0n) is 17.8. The predicted octanol–water partition coefficient (Wildman–Crippen LogP) is 3.60. The Hall–Kier alpha value is -2.44. The van der Waals surface area contributed by atoms with E-state index in [0.29, 0.717) is 19.6 Å². The van der Waals surface area contributed by atoms with E-state index in [0.717, 1.165) is 42.6 Å². The molecule has 1 fully saturated rings. The van der Waals surface area contributed by atoms with E-state index < -0.39 is 0 Å². The summed E-state index contributed by atoms with van der Waals surface area (Å²) < 4.78 is 18.5. The Labute approximate surface area is 178 Å². The molecule has 30 heavy (non-hydrogen) atoms. The van der Waals surface area contributed by atoms with Crippen molar-refractivity contribution in [3.63, 3.8) is 0 Å². The molecule has 0 aromatic heterocycles. The van der Waals surface area contributed by atoms with Crippen molar-refractivity contribution in [2.45, 2.75) is 50.9 Å². The number of benzene rings is 2. The molecule has 2 aromatic rings. The number of amides is 1. The van der Waals surface area contributed by atoms with Crippen molar-refractivity contribution in [2.24, 2.45) is 0 Å². The molecular weight excluding hydrogens is 383 g/mol. The summed E-state index contributed by atoms with van der Waals surface area (Å²) in [5.74, 6) is 0.538. The molecule has 0 spiro atoms. The molecule has 0 atom stereocenters. The van der Waals surface area contributed by atoms with Gasteiger partial charge in [-0.3, -0.25) is 9.69 Å². The fourth-order valence-electron chi connectivity index (χ4n) is 3.99. The molecule has 1 saturated carbocycles. The number of methoxy groups -OCH3 is 1. The van der Waals surface area contributed by atoms with Gasteiger partial charge < -0.3 is 14.7 Å². The first-order chi connectivity index (χ1) is 14.4. The summed E-state index contributed by atoms with van der Waals surface area (Å²) in [5, 5.41) is 9.88. The summed E-state index contributed by atoms with van der Waals surface area (Å²) in [6, 6.07) is 14.4. The average Bonchev–Trinajstić information content (AvgIpc) is 2.75. The molecule has 0 radical (unpaired) electrons. The van der Waals surface area contributed by atoms with E-state index in [1.165, 1.54) is 12.1 Å². The molecule has 5 nitrogen and oxygen atoms in total. The lowest BCUT2D eigenvalue weighted by atomic mass is 9.91. The van der Waals surface area contributed by atoms with Gasteiger partial charge in [0.2, 0.25) is 5.91 Å². The van der Waals surface area contributed by atoms with Gasteiger partial charge in [-0.2, -0.15) is 0 Å². The van der Waals surface area contributed by atoms with Crippen LogP contribution in [0, 0.1) is 5.82 Å². The standard InChI is InChI=1S/C24H31FN2O3/c1-26(15-18-6-8-20(25)9-7-18)24(29)17-27(21-10-12-22(28)13-11-21)16-19-4-3-5-23(14-19)30-2/h3-9,14,21-22,28H,10-13,15-17H2,1-2H3. The molecule has 1 aliphatic rings. The Morgan fingerprint density at radius 1 is 1.07 bits per heavy atom. The number of nitrogens with zero attached hydrogens (tertiary/aromatic N) is 2. The molecule has 2 aromatic carbocycles. The highest BCUT2D eigenvalue weighted by atomic mass is 19.1. The molecule has 1 N–H and O–H groups in total. The number of hydrogen-bond donors (Lipinski definition) is 1. The number of carbonyl (C=O) groups excluding carboxylic acids is 1. The largest absolute Gasteiger partial charge is 0.497 e. The maximum Gasteiger partial charge on any atom is 0.236 e. The van der Waals surface area contributed by atoms with Crippen LogP contribution in [-0.4, -0.2) is 53.7 Å². The normalized spacial score (nSPS) is 19.0. The summed E-state index contributed by atoms with van der Waals surface area (Å²) >= 11 is 0. The van der Waals surface area contributed by atoms with Crippen LogP contribution in [0.5, 0.6) is 5.75 Å². The van der Waals surface area contributed by atoms with Gasteiger partial charge in [-0.1, -0.05) is 24.3 Å². The number of halogens is 1. The van der Waals surface area contributed by atoms with E-state index in [-0.39, 0.29) is 23.9 Å². The molecule has 0 bridgehead atoms. The molecule has 1 amide bonds. The third kappa shape index (κ3) is 6.28. The van der Waals surface area contributed by atoms with Gasteiger partial charge in [-0.25, -0.2) is 4.39 Å². The minimum absolute atomic E-state index is 0.0216. The molecular formula is C24H31FN2O3. The number of aliphatic hydroxyl groups excluding tert-OH is 1. The number of likely N-dealkylation sites (N-methyl/N-ethyl adjacent to an activating group) is 1. The quantitative estimate of drug-likeness (QED) is 0.717. The van der Waals surface area contributed by atoms with Gasteiger partial charge in [0.25, 0.3) is 0 Å². The molecule has 6 heteroatoms. The van der Waals surface area contributed by atoms with Crippen molar-refractivity contribution in [1.29, 1.82) is 0 Å². The first kappa shape index (κ1) is 22.2. The Morgan fingerprint density at radius 2 is 1.77 bits per heavy atom. The number of carbonyl (C=O) groups is 1. The summed E-state index contributed by atoms with van der Waals surface area (Å²) in [6.07, 6.45) is 3.04. The van der Waals surface area contributed by atoms with Crippen molar-refractivity contribution in [3.05, 3.63) is 65.5 Å².